The first-order valence-corrected chi connectivity index (χ1v) is 8.89. The van der Waals surface area contributed by atoms with Crippen molar-refractivity contribution in [2.45, 2.75) is 19.8 Å². The normalized spacial score (nSPS) is 10.4. The van der Waals surface area contributed by atoms with Gasteiger partial charge in [0.1, 0.15) is 17.3 Å². The highest BCUT2D eigenvalue weighted by Gasteiger charge is 2.18. The molecule has 1 aromatic carbocycles. The van der Waals surface area contributed by atoms with Crippen molar-refractivity contribution < 1.29 is 28.6 Å². The van der Waals surface area contributed by atoms with Gasteiger partial charge in [-0.05, 0) is 30.2 Å². The van der Waals surface area contributed by atoms with Crippen LogP contribution in [0.4, 0.5) is 21.1 Å². The van der Waals surface area contributed by atoms with E-state index in [1.807, 2.05) is 19.1 Å². The lowest BCUT2D eigenvalue weighted by atomic mass is 10.1. The summed E-state index contributed by atoms with van der Waals surface area (Å²) in [6.07, 6.45) is -0.554. The topological polar surface area (TPSA) is 173 Å². The number of carbonyl (C=O) groups excluding carboxylic acids is 2. The van der Waals surface area contributed by atoms with Crippen LogP contribution in [0.1, 0.15) is 34.6 Å². The van der Waals surface area contributed by atoms with Gasteiger partial charge in [-0.15, -0.1) is 0 Å². The third kappa shape index (κ3) is 5.16. The van der Waals surface area contributed by atoms with Crippen LogP contribution in [0.2, 0.25) is 0 Å². The molecule has 3 rings (SSSR count). The molecule has 0 fully saturated rings. The lowest BCUT2D eigenvalue weighted by Crippen LogP contribution is -2.22. The first-order chi connectivity index (χ1) is 14.3. The Morgan fingerprint density at radius 1 is 1.17 bits per heavy atom. The monoisotopic (exact) mass is 413 g/mol. The molecule has 0 unspecified atom stereocenters. The van der Waals surface area contributed by atoms with Crippen molar-refractivity contribution in [1.82, 2.24) is 9.97 Å². The maximum Gasteiger partial charge on any atom is 0.513 e. The lowest BCUT2D eigenvalue weighted by molar-refractivity contribution is 0.0996. The molecule has 156 valence electrons. The summed E-state index contributed by atoms with van der Waals surface area (Å²) in [5, 5.41) is 13.7. The maximum absolute atomic E-state index is 12.3. The lowest BCUT2D eigenvalue weighted by Gasteiger charge is -2.07. The summed E-state index contributed by atoms with van der Waals surface area (Å²) in [5.74, 6) is -0.476. The molecule has 0 aliphatic heterocycles. The van der Waals surface area contributed by atoms with Crippen LogP contribution < -0.4 is 21.1 Å². The number of benzene rings is 1. The van der Waals surface area contributed by atoms with Gasteiger partial charge in [0, 0.05) is 11.8 Å². The van der Waals surface area contributed by atoms with Crippen LogP contribution in [-0.2, 0) is 12.8 Å². The number of ether oxygens (including phenoxy) is 1. The SMILES string of the molecule is CCc1ccc(NC(=O)Nc2nc(Cc3ccc(OC(=O)O)o3)[nH]c2C(N)=O)cc1. The number of carboxylic acid groups (broad SMARTS) is 1. The van der Waals surface area contributed by atoms with Gasteiger partial charge in [0.2, 0.25) is 0 Å². The number of furan rings is 1. The zero-order valence-corrected chi connectivity index (χ0v) is 15.9. The fourth-order valence-corrected chi connectivity index (χ4v) is 2.63. The number of primary amides is 1. The molecule has 2 heterocycles. The minimum absolute atomic E-state index is 0.0475. The molecule has 0 aliphatic carbocycles. The van der Waals surface area contributed by atoms with Gasteiger partial charge in [0.25, 0.3) is 11.9 Å². The number of nitrogens with one attached hydrogen (secondary N) is 3. The molecule has 3 aromatic rings. The van der Waals surface area contributed by atoms with Crippen molar-refractivity contribution in [2.75, 3.05) is 10.6 Å². The molecule has 0 radical (unpaired) electrons. The van der Waals surface area contributed by atoms with Crippen molar-refractivity contribution in [3.8, 4) is 5.95 Å². The van der Waals surface area contributed by atoms with Crippen LogP contribution in [0.15, 0.2) is 40.8 Å². The van der Waals surface area contributed by atoms with Crippen molar-refractivity contribution in [2.24, 2.45) is 5.73 Å². The fraction of sp³-hybridized carbons (Fsp3) is 0.158. The molecule has 0 spiro atoms. The predicted octanol–water partition coefficient (Wildman–Crippen LogP) is 2.96. The molecule has 0 aliphatic rings. The average Bonchev–Trinajstić information content (AvgIpc) is 3.28. The number of carbonyl (C=O) groups is 3. The van der Waals surface area contributed by atoms with Gasteiger partial charge >= 0.3 is 12.2 Å². The highest BCUT2D eigenvalue weighted by Crippen LogP contribution is 2.20. The number of rotatable bonds is 7. The van der Waals surface area contributed by atoms with E-state index >= 15 is 0 Å². The Kier molecular flexibility index (Phi) is 6.01. The van der Waals surface area contributed by atoms with Gasteiger partial charge in [-0.3, -0.25) is 10.1 Å². The Bertz CT molecular complexity index is 1070. The standard InChI is InChI=1S/C19H19N5O6/c1-2-10-3-5-11(6-4-10)21-18(26)24-17-15(16(20)25)22-13(23-17)9-12-7-8-14(29-12)30-19(27)28/h3-8H,2,9H2,1H3,(H2,20,25)(H,22,23)(H,27,28)(H2,21,24,26). The summed E-state index contributed by atoms with van der Waals surface area (Å²) in [5.41, 5.74) is 6.96. The number of aryl methyl sites for hydroxylation is 1. The molecule has 30 heavy (non-hydrogen) atoms. The van der Waals surface area contributed by atoms with Crippen molar-refractivity contribution >= 4 is 29.6 Å². The number of anilines is 2. The van der Waals surface area contributed by atoms with E-state index in [-0.39, 0.29) is 29.7 Å². The Labute approximate surface area is 170 Å². The highest BCUT2D eigenvalue weighted by atomic mass is 16.7. The molecule has 11 nitrogen and oxygen atoms in total. The number of amides is 3. The quantitative estimate of drug-likeness (QED) is 0.370. The number of urea groups is 1. The number of H-pyrrole nitrogens is 1. The Morgan fingerprint density at radius 3 is 2.53 bits per heavy atom. The zero-order chi connectivity index (χ0) is 21.7. The molecule has 0 bridgehead atoms. The first kappa shape index (κ1) is 20.5. The van der Waals surface area contributed by atoms with Gasteiger partial charge in [0.15, 0.2) is 5.82 Å². The van der Waals surface area contributed by atoms with E-state index in [0.717, 1.165) is 12.0 Å². The van der Waals surface area contributed by atoms with Crippen LogP contribution in [0.3, 0.4) is 0 Å². The summed E-state index contributed by atoms with van der Waals surface area (Å²) in [6.45, 7) is 2.03. The van der Waals surface area contributed by atoms with Gasteiger partial charge in [-0.2, -0.15) is 0 Å². The summed E-state index contributed by atoms with van der Waals surface area (Å²) in [4.78, 5) is 41.4. The van der Waals surface area contributed by atoms with Crippen LogP contribution >= 0.6 is 0 Å². The van der Waals surface area contributed by atoms with E-state index in [9.17, 15) is 14.4 Å². The third-order valence-corrected chi connectivity index (χ3v) is 4.02. The minimum atomic E-state index is -1.51. The third-order valence-electron chi connectivity index (χ3n) is 4.02. The maximum atomic E-state index is 12.3. The highest BCUT2D eigenvalue weighted by molar-refractivity contribution is 6.04. The molecule has 0 atom stereocenters. The number of hydrogen-bond acceptors (Lipinski definition) is 6. The Balaban J connectivity index is 1.70. The second kappa shape index (κ2) is 8.82. The number of aromatic nitrogens is 2. The van der Waals surface area contributed by atoms with Crippen molar-refractivity contribution in [3.63, 3.8) is 0 Å². The summed E-state index contributed by atoms with van der Waals surface area (Å²) in [7, 11) is 0. The summed E-state index contributed by atoms with van der Waals surface area (Å²) < 4.78 is 9.61. The van der Waals surface area contributed by atoms with E-state index in [2.05, 4.69) is 25.3 Å². The van der Waals surface area contributed by atoms with E-state index in [0.29, 0.717) is 11.4 Å². The fourth-order valence-electron chi connectivity index (χ4n) is 2.63. The Hall–Kier alpha value is -4.28. The summed E-state index contributed by atoms with van der Waals surface area (Å²) >= 11 is 0. The molecule has 3 amide bonds. The smallest absolute Gasteiger partial charge is 0.449 e. The minimum Gasteiger partial charge on any atom is -0.449 e. The van der Waals surface area contributed by atoms with Crippen LogP contribution in [0.5, 0.6) is 5.95 Å². The largest absolute Gasteiger partial charge is 0.513 e. The summed E-state index contributed by atoms with van der Waals surface area (Å²) in [6, 6.07) is 9.53. The van der Waals surface area contributed by atoms with Crippen LogP contribution in [0.25, 0.3) is 0 Å². The van der Waals surface area contributed by atoms with Gasteiger partial charge in [0.05, 0.1) is 6.42 Å². The number of nitrogens with zero attached hydrogens (tertiary/aromatic N) is 1. The van der Waals surface area contributed by atoms with Gasteiger partial charge in [-0.1, -0.05) is 19.1 Å². The van der Waals surface area contributed by atoms with Crippen molar-refractivity contribution in [1.29, 1.82) is 0 Å². The molecule has 0 saturated carbocycles. The zero-order valence-electron chi connectivity index (χ0n) is 15.9. The molecular formula is C19H19N5O6. The van der Waals surface area contributed by atoms with Gasteiger partial charge in [-0.25, -0.2) is 14.6 Å². The number of nitrogens with two attached hydrogens (primary N) is 1. The second-order valence-electron chi connectivity index (χ2n) is 6.17. The molecule has 2 aromatic heterocycles. The molecular weight excluding hydrogens is 394 g/mol. The predicted molar refractivity (Wildman–Crippen MR) is 106 cm³/mol. The number of hydrogen-bond donors (Lipinski definition) is 5. The van der Waals surface area contributed by atoms with Gasteiger partial charge < -0.3 is 30.3 Å². The molecule has 0 saturated heterocycles. The van der Waals surface area contributed by atoms with E-state index in [1.165, 1.54) is 12.1 Å². The van der Waals surface area contributed by atoms with Crippen LogP contribution in [0, 0.1) is 0 Å². The molecule has 11 heteroatoms. The van der Waals surface area contributed by atoms with E-state index in [4.69, 9.17) is 15.3 Å². The second-order valence-corrected chi connectivity index (χ2v) is 6.17. The van der Waals surface area contributed by atoms with Crippen LogP contribution in [-0.4, -0.2) is 33.2 Å². The Morgan fingerprint density at radius 2 is 1.90 bits per heavy atom. The molecule has 6 N–H and O–H groups in total. The number of imidazole rings is 1. The van der Waals surface area contributed by atoms with Crippen molar-refractivity contribution in [3.05, 3.63) is 59.2 Å². The number of aromatic amines is 1. The van der Waals surface area contributed by atoms with E-state index in [1.54, 1.807) is 12.1 Å². The first-order valence-electron chi connectivity index (χ1n) is 8.89. The van der Waals surface area contributed by atoms with E-state index < -0.39 is 18.1 Å². The average molecular weight is 413 g/mol.